The summed E-state index contributed by atoms with van der Waals surface area (Å²) in [5, 5.41) is 8.66. The van der Waals surface area contributed by atoms with Crippen LogP contribution < -0.4 is 0 Å². The lowest BCUT2D eigenvalue weighted by atomic mass is 10.1. The van der Waals surface area contributed by atoms with E-state index in [1.165, 1.54) is 7.11 Å². The van der Waals surface area contributed by atoms with E-state index in [9.17, 15) is 9.59 Å². The highest BCUT2D eigenvalue weighted by atomic mass is 35.5. The first-order chi connectivity index (χ1) is 14.1. The average Bonchev–Trinajstić information content (AvgIpc) is 3.49. The van der Waals surface area contributed by atoms with Gasteiger partial charge in [-0.3, -0.25) is 4.79 Å². The maximum absolute atomic E-state index is 13.0. The second-order valence-corrected chi connectivity index (χ2v) is 7.12. The Labute approximate surface area is 172 Å². The van der Waals surface area contributed by atoms with Crippen molar-refractivity contribution in [3.8, 4) is 11.5 Å². The first-order valence-corrected chi connectivity index (χ1v) is 9.51. The molecule has 0 bridgehead atoms. The number of aromatic nitrogens is 2. The Bertz CT molecular complexity index is 1040. The van der Waals surface area contributed by atoms with E-state index in [0.29, 0.717) is 33.5 Å². The maximum Gasteiger partial charge on any atom is 0.337 e. The number of benzene rings is 2. The molecule has 4 rings (SSSR count). The third-order valence-corrected chi connectivity index (χ3v) is 5.01. The quantitative estimate of drug-likeness (QED) is 0.570. The van der Waals surface area contributed by atoms with Crippen molar-refractivity contribution in [1.29, 1.82) is 0 Å². The number of hydrogen-bond acceptors (Lipinski definition) is 6. The van der Waals surface area contributed by atoms with E-state index in [0.717, 1.165) is 12.8 Å². The number of esters is 1. The minimum atomic E-state index is -0.444. The fourth-order valence-electron chi connectivity index (χ4n) is 2.99. The zero-order valence-electron chi connectivity index (χ0n) is 15.7. The average molecular weight is 412 g/mol. The fourth-order valence-corrected chi connectivity index (χ4v) is 3.21. The summed E-state index contributed by atoms with van der Waals surface area (Å²) in [5.74, 6) is 0.0602. The van der Waals surface area contributed by atoms with Crippen molar-refractivity contribution < 1.29 is 18.7 Å². The predicted octanol–water partition coefficient (Wildman–Crippen LogP) is 3.98. The zero-order chi connectivity index (χ0) is 20.4. The highest BCUT2D eigenvalue weighted by molar-refractivity contribution is 6.33. The summed E-state index contributed by atoms with van der Waals surface area (Å²) in [6.07, 6.45) is 1.86. The highest BCUT2D eigenvalue weighted by Gasteiger charge is 2.34. The van der Waals surface area contributed by atoms with Crippen molar-refractivity contribution >= 4 is 23.5 Å². The smallest absolute Gasteiger partial charge is 0.337 e. The van der Waals surface area contributed by atoms with Crippen LogP contribution in [0.5, 0.6) is 0 Å². The van der Waals surface area contributed by atoms with Crippen molar-refractivity contribution in [2.45, 2.75) is 25.4 Å². The van der Waals surface area contributed by atoms with E-state index in [1.54, 1.807) is 41.3 Å². The molecule has 1 aromatic heterocycles. The molecule has 1 saturated carbocycles. The number of nitrogens with zero attached hydrogens (tertiary/aromatic N) is 3. The summed E-state index contributed by atoms with van der Waals surface area (Å²) in [4.78, 5) is 26.3. The van der Waals surface area contributed by atoms with E-state index in [4.69, 9.17) is 16.0 Å². The zero-order valence-corrected chi connectivity index (χ0v) is 16.4. The van der Waals surface area contributed by atoms with E-state index in [-0.39, 0.29) is 18.5 Å². The van der Waals surface area contributed by atoms with Gasteiger partial charge < -0.3 is 14.1 Å². The molecule has 0 spiro atoms. The van der Waals surface area contributed by atoms with Gasteiger partial charge in [0.05, 0.1) is 29.8 Å². The van der Waals surface area contributed by atoms with Crippen molar-refractivity contribution in [2.24, 2.45) is 0 Å². The van der Waals surface area contributed by atoms with Crippen LogP contribution in [0.1, 0.15) is 39.4 Å². The number of rotatable bonds is 6. The number of amides is 1. The van der Waals surface area contributed by atoms with Crippen LogP contribution in [0.25, 0.3) is 11.5 Å². The molecule has 0 atom stereocenters. The highest BCUT2D eigenvalue weighted by Crippen LogP contribution is 2.31. The molecule has 0 unspecified atom stereocenters. The van der Waals surface area contributed by atoms with Crippen LogP contribution >= 0.6 is 11.6 Å². The second-order valence-electron chi connectivity index (χ2n) is 6.71. The van der Waals surface area contributed by atoms with Gasteiger partial charge in [0, 0.05) is 11.6 Å². The van der Waals surface area contributed by atoms with Gasteiger partial charge in [0.2, 0.25) is 11.8 Å². The van der Waals surface area contributed by atoms with Gasteiger partial charge in [0.25, 0.3) is 5.91 Å². The van der Waals surface area contributed by atoms with E-state index >= 15 is 0 Å². The lowest BCUT2D eigenvalue weighted by Crippen LogP contribution is -2.32. The molecule has 0 aliphatic heterocycles. The monoisotopic (exact) mass is 411 g/mol. The molecule has 1 amide bonds. The van der Waals surface area contributed by atoms with Gasteiger partial charge in [-0.2, -0.15) is 0 Å². The molecule has 3 aromatic rings. The first kappa shape index (κ1) is 19.1. The molecule has 1 heterocycles. The molecule has 8 heteroatoms. The van der Waals surface area contributed by atoms with Crippen LogP contribution in [-0.2, 0) is 11.3 Å². The number of hydrogen-bond donors (Lipinski definition) is 0. The molecule has 1 aliphatic carbocycles. The SMILES string of the molecule is COC(=O)c1ccc(C(=O)N(Cc2nnc(-c3ccccc3Cl)o2)C2CC2)cc1. The molecule has 0 radical (unpaired) electrons. The lowest BCUT2D eigenvalue weighted by Gasteiger charge is -2.20. The molecule has 29 heavy (non-hydrogen) atoms. The van der Waals surface area contributed by atoms with Gasteiger partial charge in [-0.25, -0.2) is 4.79 Å². The van der Waals surface area contributed by atoms with Gasteiger partial charge in [0.1, 0.15) is 0 Å². The van der Waals surface area contributed by atoms with Gasteiger partial charge in [-0.1, -0.05) is 23.7 Å². The van der Waals surface area contributed by atoms with Gasteiger partial charge in [-0.15, -0.1) is 10.2 Å². The molecular formula is C21H18ClN3O4. The second kappa shape index (κ2) is 8.05. The molecule has 2 aromatic carbocycles. The number of carbonyl (C=O) groups is 2. The largest absolute Gasteiger partial charge is 0.465 e. The molecule has 0 saturated heterocycles. The Morgan fingerprint density at radius 2 is 1.79 bits per heavy atom. The predicted molar refractivity (Wildman–Crippen MR) is 105 cm³/mol. The van der Waals surface area contributed by atoms with Crippen molar-refractivity contribution in [1.82, 2.24) is 15.1 Å². The number of ether oxygens (including phenoxy) is 1. The minimum absolute atomic E-state index is 0.137. The molecule has 148 valence electrons. The molecule has 1 aliphatic rings. The van der Waals surface area contributed by atoms with Gasteiger partial charge in [-0.05, 0) is 49.2 Å². The summed E-state index contributed by atoms with van der Waals surface area (Å²) >= 11 is 6.18. The number of carbonyl (C=O) groups excluding carboxylic acids is 2. The van der Waals surface area contributed by atoms with Crippen molar-refractivity contribution in [3.63, 3.8) is 0 Å². The third-order valence-electron chi connectivity index (χ3n) is 4.68. The van der Waals surface area contributed by atoms with Crippen LogP contribution in [0, 0.1) is 0 Å². The Kier molecular flexibility index (Phi) is 5.31. The Balaban J connectivity index is 1.52. The first-order valence-electron chi connectivity index (χ1n) is 9.13. The van der Waals surface area contributed by atoms with Gasteiger partial charge >= 0.3 is 5.97 Å². The number of methoxy groups -OCH3 is 1. The molecule has 7 nitrogen and oxygen atoms in total. The van der Waals surface area contributed by atoms with E-state index in [2.05, 4.69) is 14.9 Å². The summed E-state index contributed by atoms with van der Waals surface area (Å²) < 4.78 is 10.4. The summed E-state index contributed by atoms with van der Waals surface area (Å²) in [5.41, 5.74) is 1.52. The summed E-state index contributed by atoms with van der Waals surface area (Å²) in [7, 11) is 1.32. The van der Waals surface area contributed by atoms with E-state index < -0.39 is 5.97 Å². The maximum atomic E-state index is 13.0. The Morgan fingerprint density at radius 1 is 1.10 bits per heavy atom. The number of halogens is 1. The van der Waals surface area contributed by atoms with Crippen LogP contribution in [0.3, 0.4) is 0 Å². The van der Waals surface area contributed by atoms with Crippen molar-refractivity contribution in [3.05, 3.63) is 70.6 Å². The minimum Gasteiger partial charge on any atom is -0.465 e. The molecular weight excluding hydrogens is 394 g/mol. The van der Waals surface area contributed by atoms with Crippen LogP contribution in [0.4, 0.5) is 0 Å². The Hall–Kier alpha value is -3.19. The fraction of sp³-hybridized carbons (Fsp3) is 0.238. The van der Waals surface area contributed by atoms with E-state index in [1.807, 2.05) is 12.1 Å². The lowest BCUT2D eigenvalue weighted by molar-refractivity contribution is 0.0599. The van der Waals surface area contributed by atoms with Crippen LogP contribution in [0.2, 0.25) is 5.02 Å². The van der Waals surface area contributed by atoms with Crippen molar-refractivity contribution in [2.75, 3.05) is 7.11 Å². The molecule has 0 N–H and O–H groups in total. The molecule has 1 fully saturated rings. The normalized spacial score (nSPS) is 13.2. The topological polar surface area (TPSA) is 85.5 Å². The van der Waals surface area contributed by atoms with Crippen LogP contribution in [-0.4, -0.2) is 40.1 Å². The Morgan fingerprint density at radius 3 is 2.45 bits per heavy atom. The third kappa shape index (κ3) is 4.14. The summed E-state index contributed by atoms with van der Waals surface area (Å²) in [6.45, 7) is 0.208. The standard InChI is InChI=1S/C21H18ClN3O4/c1-28-21(27)14-8-6-13(7-9-14)20(26)25(15-10-11-15)12-18-23-24-19(29-18)16-4-2-3-5-17(16)22/h2-9,15H,10-12H2,1H3. The van der Waals surface area contributed by atoms with Crippen LogP contribution in [0.15, 0.2) is 52.9 Å². The summed E-state index contributed by atoms with van der Waals surface area (Å²) in [6, 6.07) is 13.7. The van der Waals surface area contributed by atoms with Gasteiger partial charge in [0.15, 0.2) is 0 Å².